The smallest absolute Gasteiger partial charge is 0.123 e. The van der Waals surface area contributed by atoms with E-state index in [-0.39, 0.29) is 5.66 Å². The first-order chi connectivity index (χ1) is 12.3. The largest absolute Gasteiger partial charge is 0.496 e. The summed E-state index contributed by atoms with van der Waals surface area (Å²) >= 11 is 0. The van der Waals surface area contributed by atoms with Crippen LogP contribution in [0.2, 0.25) is 0 Å². The van der Waals surface area contributed by atoms with Crippen LogP contribution in [0.25, 0.3) is 0 Å². The van der Waals surface area contributed by atoms with E-state index in [4.69, 9.17) is 4.74 Å². The molecule has 0 bridgehead atoms. The van der Waals surface area contributed by atoms with Crippen LogP contribution in [0.1, 0.15) is 50.2 Å². The second-order valence-corrected chi connectivity index (χ2v) is 6.92. The third kappa shape index (κ3) is 4.23. The molecular weight excluding hydrogens is 308 g/mol. The van der Waals surface area contributed by atoms with Crippen molar-refractivity contribution in [2.75, 3.05) is 7.11 Å². The van der Waals surface area contributed by atoms with Crippen LogP contribution in [-0.2, 0) is 12.2 Å². The Balaban J connectivity index is 1.84. The van der Waals surface area contributed by atoms with Crippen LogP contribution in [0.3, 0.4) is 0 Å². The van der Waals surface area contributed by atoms with Crippen molar-refractivity contribution in [3.05, 3.63) is 65.7 Å². The fourth-order valence-electron chi connectivity index (χ4n) is 3.90. The van der Waals surface area contributed by atoms with E-state index in [9.17, 15) is 0 Å². The van der Waals surface area contributed by atoms with Gasteiger partial charge in [-0.25, -0.2) is 0 Å². The Kier molecular flexibility index (Phi) is 6.11. The van der Waals surface area contributed by atoms with Gasteiger partial charge in [0.2, 0.25) is 0 Å². The third-order valence-electron chi connectivity index (χ3n) is 5.38. The highest BCUT2D eigenvalue weighted by Crippen LogP contribution is 2.28. The highest BCUT2D eigenvalue weighted by atomic mass is 16.5. The molecule has 0 radical (unpaired) electrons. The number of rotatable bonds is 8. The van der Waals surface area contributed by atoms with Gasteiger partial charge in [0.15, 0.2) is 0 Å². The van der Waals surface area contributed by atoms with E-state index >= 15 is 0 Å². The van der Waals surface area contributed by atoms with E-state index in [2.05, 4.69) is 60.0 Å². The SMILES string of the molecule is CC[C@](NCc1ccccc1OC)(NC1CCCC1)c1ccccc1. The molecule has 134 valence electrons. The summed E-state index contributed by atoms with van der Waals surface area (Å²) < 4.78 is 5.52. The van der Waals surface area contributed by atoms with Crippen LogP contribution in [0, 0.1) is 0 Å². The van der Waals surface area contributed by atoms with Crippen molar-refractivity contribution >= 4 is 0 Å². The Morgan fingerprint density at radius 1 is 1.00 bits per heavy atom. The Hall–Kier alpha value is -1.84. The molecule has 25 heavy (non-hydrogen) atoms. The van der Waals surface area contributed by atoms with E-state index in [0.717, 1.165) is 18.7 Å². The Labute approximate surface area is 151 Å². The molecule has 1 aliphatic carbocycles. The fraction of sp³-hybridized carbons (Fsp3) is 0.455. The van der Waals surface area contributed by atoms with Gasteiger partial charge in [-0.1, -0.05) is 68.3 Å². The molecule has 1 atom stereocenters. The highest BCUT2D eigenvalue weighted by molar-refractivity contribution is 5.33. The van der Waals surface area contributed by atoms with E-state index in [0.29, 0.717) is 6.04 Å². The number of nitrogens with one attached hydrogen (secondary N) is 2. The van der Waals surface area contributed by atoms with Crippen molar-refractivity contribution in [1.29, 1.82) is 0 Å². The summed E-state index contributed by atoms with van der Waals surface area (Å²) in [6.45, 7) is 3.02. The third-order valence-corrected chi connectivity index (χ3v) is 5.38. The molecule has 0 aromatic heterocycles. The topological polar surface area (TPSA) is 33.3 Å². The molecule has 3 heteroatoms. The molecule has 0 aliphatic heterocycles. The quantitative estimate of drug-likeness (QED) is 0.691. The number of ether oxygens (including phenoxy) is 1. The number of hydrogen-bond acceptors (Lipinski definition) is 3. The maximum Gasteiger partial charge on any atom is 0.123 e. The highest BCUT2D eigenvalue weighted by Gasteiger charge is 2.33. The summed E-state index contributed by atoms with van der Waals surface area (Å²) in [5.74, 6) is 0.939. The second-order valence-electron chi connectivity index (χ2n) is 6.92. The Bertz CT molecular complexity index is 652. The molecule has 2 aromatic rings. The van der Waals surface area contributed by atoms with Gasteiger partial charge in [-0.3, -0.25) is 10.6 Å². The molecule has 1 fully saturated rings. The van der Waals surface area contributed by atoms with Gasteiger partial charge in [0, 0.05) is 18.2 Å². The molecule has 1 aliphatic rings. The minimum absolute atomic E-state index is 0.211. The number of methoxy groups -OCH3 is 1. The van der Waals surface area contributed by atoms with Gasteiger partial charge in [-0.15, -0.1) is 0 Å². The summed E-state index contributed by atoms with van der Waals surface area (Å²) in [5.41, 5.74) is 2.28. The predicted octanol–water partition coefficient (Wildman–Crippen LogP) is 4.58. The van der Waals surface area contributed by atoms with Gasteiger partial charge in [0.1, 0.15) is 5.75 Å². The molecule has 0 spiro atoms. The minimum atomic E-state index is -0.211. The van der Waals surface area contributed by atoms with Crippen LogP contribution in [-0.4, -0.2) is 13.2 Å². The van der Waals surface area contributed by atoms with Crippen LogP contribution >= 0.6 is 0 Å². The second kappa shape index (κ2) is 8.50. The van der Waals surface area contributed by atoms with Crippen LogP contribution in [0.4, 0.5) is 0 Å². The average molecular weight is 338 g/mol. The molecule has 3 nitrogen and oxygen atoms in total. The van der Waals surface area contributed by atoms with Gasteiger partial charge >= 0.3 is 0 Å². The number of hydrogen-bond donors (Lipinski definition) is 2. The van der Waals surface area contributed by atoms with Gasteiger partial charge in [-0.2, -0.15) is 0 Å². The van der Waals surface area contributed by atoms with E-state index in [1.54, 1.807) is 7.11 Å². The zero-order valence-electron chi connectivity index (χ0n) is 15.4. The standard InChI is InChI=1S/C22H30N2O/c1-3-22(19-12-5-4-6-13-19,24-20-14-8-9-15-20)23-17-18-11-7-10-16-21(18)25-2/h4-7,10-13,16,20,23-24H,3,8-9,14-15,17H2,1-2H3/t22-/m0/s1. The summed E-state index contributed by atoms with van der Waals surface area (Å²) in [5, 5.41) is 7.78. The van der Waals surface area contributed by atoms with Gasteiger partial charge in [0.05, 0.1) is 12.8 Å². The van der Waals surface area contributed by atoms with Crippen molar-refractivity contribution in [3.8, 4) is 5.75 Å². The lowest BCUT2D eigenvalue weighted by atomic mass is 9.94. The molecule has 0 unspecified atom stereocenters. The van der Waals surface area contributed by atoms with Crippen molar-refractivity contribution in [2.45, 2.75) is 57.3 Å². The average Bonchev–Trinajstić information content (AvgIpc) is 3.19. The summed E-state index contributed by atoms with van der Waals surface area (Å²) in [6, 6.07) is 19.6. The van der Waals surface area contributed by atoms with Gasteiger partial charge < -0.3 is 4.74 Å². The van der Waals surface area contributed by atoms with E-state index in [1.807, 2.05) is 12.1 Å². The summed E-state index contributed by atoms with van der Waals surface area (Å²) in [7, 11) is 1.74. The molecular formula is C22H30N2O. The summed E-state index contributed by atoms with van der Waals surface area (Å²) in [6.07, 6.45) is 6.19. The molecule has 1 saturated carbocycles. The lowest BCUT2D eigenvalue weighted by Gasteiger charge is -2.38. The fourth-order valence-corrected chi connectivity index (χ4v) is 3.90. The first kappa shape index (κ1) is 18.0. The van der Waals surface area contributed by atoms with Crippen molar-refractivity contribution in [1.82, 2.24) is 10.6 Å². The van der Waals surface area contributed by atoms with E-state index < -0.39 is 0 Å². The molecule has 0 saturated heterocycles. The van der Waals surface area contributed by atoms with Crippen LogP contribution in [0.5, 0.6) is 5.75 Å². The van der Waals surface area contributed by atoms with Crippen LogP contribution < -0.4 is 15.4 Å². The first-order valence-corrected chi connectivity index (χ1v) is 9.47. The lowest BCUT2D eigenvalue weighted by molar-refractivity contribution is 0.215. The lowest BCUT2D eigenvalue weighted by Crippen LogP contribution is -2.56. The van der Waals surface area contributed by atoms with Gasteiger partial charge in [-0.05, 0) is 30.9 Å². The molecule has 2 aromatic carbocycles. The number of benzene rings is 2. The zero-order chi connectivity index (χ0) is 17.5. The monoisotopic (exact) mass is 338 g/mol. The van der Waals surface area contributed by atoms with Crippen molar-refractivity contribution in [2.24, 2.45) is 0 Å². The maximum absolute atomic E-state index is 5.52. The zero-order valence-corrected chi connectivity index (χ0v) is 15.4. The normalized spacial score (nSPS) is 17.4. The summed E-state index contributed by atoms with van der Waals surface area (Å²) in [4.78, 5) is 0. The Morgan fingerprint density at radius 2 is 1.68 bits per heavy atom. The van der Waals surface area contributed by atoms with Crippen molar-refractivity contribution < 1.29 is 4.74 Å². The van der Waals surface area contributed by atoms with E-state index in [1.165, 1.54) is 36.8 Å². The van der Waals surface area contributed by atoms with Gasteiger partial charge in [0.25, 0.3) is 0 Å². The Morgan fingerprint density at radius 3 is 2.36 bits per heavy atom. The minimum Gasteiger partial charge on any atom is -0.496 e. The van der Waals surface area contributed by atoms with Crippen LogP contribution in [0.15, 0.2) is 54.6 Å². The van der Waals surface area contributed by atoms with Crippen molar-refractivity contribution in [3.63, 3.8) is 0 Å². The molecule has 3 rings (SSSR count). The predicted molar refractivity (Wildman–Crippen MR) is 104 cm³/mol. The molecule has 0 heterocycles. The molecule has 2 N–H and O–H groups in total. The first-order valence-electron chi connectivity index (χ1n) is 9.47. The molecule has 0 amide bonds. The number of para-hydroxylation sites is 1. The maximum atomic E-state index is 5.52.